The maximum atomic E-state index is 15.8. The van der Waals surface area contributed by atoms with Gasteiger partial charge in [-0.2, -0.15) is 0 Å². The molecule has 0 unspecified atom stereocenters. The summed E-state index contributed by atoms with van der Waals surface area (Å²) in [5.41, 5.74) is -2.13. The maximum Gasteiger partial charge on any atom is 0.243 e. The zero-order valence-electron chi connectivity index (χ0n) is 20.6. The molecule has 196 valence electrons. The number of nitrogens with zero attached hydrogens (tertiary/aromatic N) is 5. The number of benzene rings is 1. The van der Waals surface area contributed by atoms with Gasteiger partial charge in [-0.15, -0.1) is 10.2 Å². The van der Waals surface area contributed by atoms with Gasteiger partial charge < -0.3 is 13.9 Å². The predicted octanol–water partition coefficient (Wildman–Crippen LogP) is 4.42. The number of ether oxygens (including phenoxy) is 2. The van der Waals surface area contributed by atoms with E-state index in [1.165, 1.54) is 38.1 Å². The lowest BCUT2D eigenvalue weighted by molar-refractivity contribution is 0.175. The Morgan fingerprint density at radius 3 is 2.27 bits per heavy atom. The smallest absolute Gasteiger partial charge is 0.243 e. The normalized spacial score (nSPS) is 14.1. The number of nitrogens with one attached hydrogen (secondary N) is 1. The van der Waals surface area contributed by atoms with E-state index in [1.54, 1.807) is 37.3 Å². The molecule has 0 aliphatic rings. The molecule has 0 saturated carbocycles. The first-order valence-corrected chi connectivity index (χ1v) is 13.3. The van der Waals surface area contributed by atoms with E-state index in [0.717, 1.165) is 6.92 Å². The number of para-hydroxylation sites is 1. The van der Waals surface area contributed by atoms with Gasteiger partial charge >= 0.3 is 0 Å². The van der Waals surface area contributed by atoms with E-state index in [9.17, 15) is 8.42 Å². The van der Waals surface area contributed by atoms with Crippen molar-refractivity contribution in [1.82, 2.24) is 24.7 Å². The number of halogens is 2. The van der Waals surface area contributed by atoms with Crippen molar-refractivity contribution in [2.75, 3.05) is 18.9 Å². The Labute approximate surface area is 221 Å². The topological polar surface area (TPSA) is 134 Å². The molecule has 3 heterocycles. The highest BCUT2D eigenvalue weighted by atomic mass is 79.9. The molecule has 0 saturated heterocycles. The highest BCUT2D eigenvalue weighted by molar-refractivity contribution is 9.10. The van der Waals surface area contributed by atoms with Gasteiger partial charge in [-0.1, -0.05) is 6.07 Å². The monoisotopic (exact) mass is 594 g/mol. The molecule has 4 aromatic rings. The standard InChI is InChI=1S/C23H24BrFN6O5S/c1-13-9-10-18(36-13)20-28-29-22(31(20)19-16(34-4)7-6-8-17(19)35-5)30-37(32,33)14(2)23(3,25)21-26-11-15(24)12-27-21/h6-12,14H,1-5H3,(H,29,30)/t14-,23+/m0/s1. The fraction of sp³-hybridized carbons (Fsp3) is 0.304. The average molecular weight is 595 g/mol. The van der Waals surface area contributed by atoms with Crippen LogP contribution in [0.4, 0.5) is 10.3 Å². The first-order chi connectivity index (χ1) is 17.5. The Morgan fingerprint density at radius 2 is 1.73 bits per heavy atom. The number of hydrogen-bond donors (Lipinski definition) is 1. The van der Waals surface area contributed by atoms with Crippen molar-refractivity contribution in [2.24, 2.45) is 0 Å². The van der Waals surface area contributed by atoms with E-state index in [-0.39, 0.29) is 17.6 Å². The van der Waals surface area contributed by atoms with Gasteiger partial charge in [0.1, 0.15) is 28.2 Å². The fourth-order valence-electron chi connectivity index (χ4n) is 3.58. The summed E-state index contributed by atoms with van der Waals surface area (Å²) in [7, 11) is -1.50. The summed E-state index contributed by atoms with van der Waals surface area (Å²) in [5.74, 6) is 1.26. The first-order valence-electron chi connectivity index (χ1n) is 10.9. The van der Waals surface area contributed by atoms with Gasteiger partial charge in [0, 0.05) is 12.4 Å². The zero-order chi connectivity index (χ0) is 27.0. The number of anilines is 1. The molecule has 3 aromatic heterocycles. The molecule has 0 aliphatic heterocycles. The first kappa shape index (κ1) is 26.5. The molecular formula is C23H24BrFN6O5S. The lowest BCUT2D eigenvalue weighted by atomic mass is 10.0. The van der Waals surface area contributed by atoms with Crippen LogP contribution in [0.3, 0.4) is 0 Å². The van der Waals surface area contributed by atoms with Crippen LogP contribution in [0.15, 0.2) is 51.6 Å². The number of furan rings is 1. The third-order valence-corrected chi connectivity index (χ3v) is 8.02. The molecular weight excluding hydrogens is 571 g/mol. The van der Waals surface area contributed by atoms with Crippen LogP contribution < -0.4 is 14.2 Å². The Bertz CT molecular complexity index is 1500. The summed E-state index contributed by atoms with van der Waals surface area (Å²) < 4.78 is 63.8. The van der Waals surface area contributed by atoms with E-state index in [0.29, 0.717) is 33.2 Å². The van der Waals surface area contributed by atoms with Crippen LogP contribution >= 0.6 is 15.9 Å². The largest absolute Gasteiger partial charge is 0.494 e. The van der Waals surface area contributed by atoms with Gasteiger partial charge in [0.25, 0.3) is 0 Å². The quantitative estimate of drug-likeness (QED) is 0.298. The molecule has 1 N–H and O–H groups in total. The van der Waals surface area contributed by atoms with Crippen LogP contribution in [-0.2, 0) is 15.7 Å². The van der Waals surface area contributed by atoms with E-state index in [4.69, 9.17) is 13.9 Å². The van der Waals surface area contributed by atoms with E-state index >= 15 is 4.39 Å². The Balaban J connectivity index is 1.84. The van der Waals surface area contributed by atoms with E-state index in [1.807, 2.05) is 0 Å². The summed E-state index contributed by atoms with van der Waals surface area (Å²) in [5, 5.41) is 6.59. The Hall–Kier alpha value is -3.52. The van der Waals surface area contributed by atoms with Gasteiger partial charge in [0.05, 0.1) is 18.7 Å². The summed E-state index contributed by atoms with van der Waals surface area (Å²) in [6, 6.07) is 8.44. The second-order valence-electron chi connectivity index (χ2n) is 8.19. The van der Waals surface area contributed by atoms with Gasteiger partial charge in [-0.3, -0.25) is 9.29 Å². The Morgan fingerprint density at radius 1 is 1.11 bits per heavy atom. The molecule has 0 amide bonds. The lowest BCUT2D eigenvalue weighted by Gasteiger charge is -2.26. The fourth-order valence-corrected chi connectivity index (χ4v) is 5.04. The van der Waals surface area contributed by atoms with Crippen molar-refractivity contribution < 1.29 is 26.7 Å². The Kier molecular flexibility index (Phi) is 7.24. The molecule has 11 nitrogen and oxygen atoms in total. The number of sulfonamides is 1. The number of alkyl halides is 1. The van der Waals surface area contributed by atoms with Crippen molar-refractivity contribution in [1.29, 1.82) is 0 Å². The van der Waals surface area contributed by atoms with Gasteiger partial charge in [0.2, 0.25) is 21.8 Å². The number of methoxy groups -OCH3 is 2. The van der Waals surface area contributed by atoms with Crippen LogP contribution in [0.25, 0.3) is 17.3 Å². The molecule has 4 rings (SSSR count). The van der Waals surface area contributed by atoms with Crippen LogP contribution in [-0.4, -0.2) is 52.6 Å². The molecule has 37 heavy (non-hydrogen) atoms. The van der Waals surface area contributed by atoms with Crippen molar-refractivity contribution in [2.45, 2.75) is 31.7 Å². The van der Waals surface area contributed by atoms with Gasteiger partial charge in [-0.25, -0.2) is 22.8 Å². The zero-order valence-corrected chi connectivity index (χ0v) is 23.0. The average Bonchev–Trinajstić information content (AvgIpc) is 3.48. The number of aromatic nitrogens is 5. The minimum absolute atomic E-state index is 0.167. The molecule has 0 bridgehead atoms. The highest BCUT2D eigenvalue weighted by Crippen LogP contribution is 2.39. The van der Waals surface area contributed by atoms with Gasteiger partial charge in [-0.05, 0) is 61.0 Å². The third-order valence-electron chi connectivity index (χ3n) is 5.77. The molecule has 1 aromatic carbocycles. The second kappa shape index (κ2) is 10.1. The van der Waals surface area contributed by atoms with Crippen LogP contribution in [0.2, 0.25) is 0 Å². The van der Waals surface area contributed by atoms with Crippen molar-refractivity contribution in [3.05, 3.63) is 58.8 Å². The maximum absolute atomic E-state index is 15.8. The third kappa shape index (κ3) is 5.03. The summed E-state index contributed by atoms with van der Waals surface area (Å²) in [6.45, 7) is 4.07. The molecule has 0 spiro atoms. The van der Waals surface area contributed by atoms with Crippen molar-refractivity contribution in [3.8, 4) is 28.8 Å². The van der Waals surface area contributed by atoms with E-state index in [2.05, 4.69) is 40.8 Å². The number of aryl methyl sites for hydroxylation is 1. The summed E-state index contributed by atoms with van der Waals surface area (Å²) in [4.78, 5) is 7.89. The molecule has 14 heteroatoms. The summed E-state index contributed by atoms with van der Waals surface area (Å²) in [6.07, 6.45) is 2.68. The minimum Gasteiger partial charge on any atom is -0.494 e. The van der Waals surface area contributed by atoms with E-state index < -0.39 is 20.9 Å². The number of hydrogen-bond acceptors (Lipinski definition) is 9. The van der Waals surface area contributed by atoms with Crippen molar-refractivity contribution in [3.63, 3.8) is 0 Å². The van der Waals surface area contributed by atoms with Crippen LogP contribution in [0.1, 0.15) is 25.4 Å². The number of rotatable bonds is 9. The SMILES string of the molecule is COc1cccc(OC)c1-n1c(NS(=O)(=O)[C@@H](C)[C@@](C)(F)c2ncc(Br)cn2)nnc1-c1ccc(C)o1. The summed E-state index contributed by atoms with van der Waals surface area (Å²) >= 11 is 3.19. The molecule has 2 atom stereocenters. The molecule has 0 fully saturated rings. The second-order valence-corrected chi connectivity index (χ2v) is 11.1. The minimum atomic E-state index is -4.41. The highest BCUT2D eigenvalue weighted by Gasteiger charge is 2.45. The van der Waals surface area contributed by atoms with Crippen LogP contribution in [0.5, 0.6) is 11.5 Å². The predicted molar refractivity (Wildman–Crippen MR) is 137 cm³/mol. The van der Waals surface area contributed by atoms with Gasteiger partial charge in [0.15, 0.2) is 17.3 Å². The van der Waals surface area contributed by atoms with Crippen LogP contribution in [0, 0.1) is 6.92 Å². The lowest BCUT2D eigenvalue weighted by Crippen LogP contribution is -2.41. The molecule has 0 aliphatic carbocycles. The molecule has 0 radical (unpaired) electrons. The van der Waals surface area contributed by atoms with Crippen molar-refractivity contribution >= 4 is 31.9 Å².